The highest BCUT2D eigenvalue weighted by molar-refractivity contribution is 7.80. The fourth-order valence-electron chi connectivity index (χ4n) is 2.45. The van der Waals surface area contributed by atoms with Crippen LogP contribution in [0.4, 0.5) is 0 Å². The molecule has 1 aromatic heterocycles. The van der Waals surface area contributed by atoms with Crippen molar-refractivity contribution in [2.75, 3.05) is 11.5 Å². The molecule has 0 aliphatic rings. The maximum Gasteiger partial charge on any atom is 0.326 e. The first kappa shape index (κ1) is 27.3. The minimum absolute atomic E-state index is 0.0461. The van der Waals surface area contributed by atoms with Crippen LogP contribution in [0.5, 0.6) is 0 Å². The van der Waals surface area contributed by atoms with Gasteiger partial charge >= 0.3 is 11.9 Å². The number of rotatable bonds is 14. The molecule has 4 unspecified atom stereocenters. The quantitative estimate of drug-likeness (QED) is 0.126. The van der Waals surface area contributed by atoms with Crippen molar-refractivity contribution < 1.29 is 34.2 Å². The maximum atomic E-state index is 12.7. The number of H-pyrrole nitrogens is 1. The first-order valence-corrected chi connectivity index (χ1v) is 10.7. The van der Waals surface area contributed by atoms with Crippen LogP contribution < -0.4 is 21.7 Å². The first-order valence-electron chi connectivity index (χ1n) is 9.39. The van der Waals surface area contributed by atoms with Crippen LogP contribution in [0.1, 0.15) is 18.5 Å². The Labute approximate surface area is 194 Å². The molecule has 4 atom stereocenters. The summed E-state index contributed by atoms with van der Waals surface area (Å²) in [5.74, 6) is -4.95. The Morgan fingerprint density at radius 2 is 1.56 bits per heavy atom. The van der Waals surface area contributed by atoms with Gasteiger partial charge in [-0.25, -0.2) is 9.78 Å². The lowest BCUT2D eigenvalue weighted by Gasteiger charge is -2.24. The lowest BCUT2D eigenvalue weighted by atomic mass is 10.1. The summed E-state index contributed by atoms with van der Waals surface area (Å²) in [5, 5.41) is 25.1. The molecule has 1 heterocycles. The van der Waals surface area contributed by atoms with E-state index in [1.54, 1.807) is 0 Å². The van der Waals surface area contributed by atoms with Crippen molar-refractivity contribution in [3.05, 3.63) is 18.2 Å². The fourth-order valence-corrected chi connectivity index (χ4v) is 2.87. The molecule has 0 aromatic carbocycles. The van der Waals surface area contributed by atoms with Gasteiger partial charge in [0, 0.05) is 36.2 Å². The number of nitrogens with one attached hydrogen (secondary N) is 4. The number of aliphatic carboxylic acids is 2. The van der Waals surface area contributed by atoms with Crippen LogP contribution in [-0.4, -0.2) is 85.5 Å². The normalized spacial score (nSPS) is 14.5. The van der Waals surface area contributed by atoms with Crippen molar-refractivity contribution in [2.45, 2.75) is 43.4 Å². The molecule has 0 spiro atoms. The number of carboxylic acid groups (broad SMARTS) is 2. The van der Waals surface area contributed by atoms with E-state index in [1.165, 1.54) is 12.5 Å². The Bertz CT molecular complexity index is 807. The zero-order valence-electron chi connectivity index (χ0n) is 16.9. The topological polar surface area (TPSA) is 217 Å². The molecule has 8 N–H and O–H groups in total. The first-order chi connectivity index (χ1) is 15.1. The number of carboxylic acids is 2. The van der Waals surface area contributed by atoms with E-state index in [0.29, 0.717) is 5.69 Å². The molecule has 0 saturated heterocycles. The van der Waals surface area contributed by atoms with Crippen molar-refractivity contribution in [1.82, 2.24) is 25.9 Å². The van der Waals surface area contributed by atoms with E-state index in [2.05, 4.69) is 51.2 Å². The number of carbonyl (C=O) groups excluding carboxylic acids is 3. The Balaban J connectivity index is 2.95. The fraction of sp³-hybridized carbons (Fsp3) is 0.529. The number of amides is 3. The number of hydrogen-bond donors (Lipinski definition) is 9. The molecule has 13 nitrogen and oxygen atoms in total. The van der Waals surface area contributed by atoms with Gasteiger partial charge in [-0.15, -0.1) is 0 Å². The van der Waals surface area contributed by atoms with Gasteiger partial charge in [-0.3, -0.25) is 19.2 Å². The summed E-state index contributed by atoms with van der Waals surface area (Å²) in [4.78, 5) is 66.1. The van der Waals surface area contributed by atoms with Crippen LogP contribution in [0.2, 0.25) is 0 Å². The van der Waals surface area contributed by atoms with E-state index in [4.69, 9.17) is 10.8 Å². The predicted molar refractivity (Wildman–Crippen MR) is 118 cm³/mol. The van der Waals surface area contributed by atoms with Gasteiger partial charge in [-0.1, -0.05) is 0 Å². The summed E-state index contributed by atoms with van der Waals surface area (Å²) < 4.78 is 0. The molecule has 3 amide bonds. The Hall–Kier alpha value is -2.78. The van der Waals surface area contributed by atoms with Crippen LogP contribution in [0.25, 0.3) is 0 Å². The molecule has 0 bridgehead atoms. The summed E-state index contributed by atoms with van der Waals surface area (Å²) in [6.45, 7) is 0. The minimum Gasteiger partial charge on any atom is -0.481 e. The molecule has 1 aromatic rings. The van der Waals surface area contributed by atoms with Gasteiger partial charge in [-0.2, -0.15) is 25.3 Å². The number of carbonyl (C=O) groups is 5. The molecular formula is C17H26N6O7S2. The van der Waals surface area contributed by atoms with Crippen LogP contribution in [0, 0.1) is 0 Å². The van der Waals surface area contributed by atoms with Gasteiger partial charge < -0.3 is 36.9 Å². The van der Waals surface area contributed by atoms with Crippen LogP contribution in [-0.2, 0) is 30.4 Å². The van der Waals surface area contributed by atoms with Gasteiger partial charge in [0.2, 0.25) is 17.7 Å². The van der Waals surface area contributed by atoms with Gasteiger partial charge in [0.25, 0.3) is 0 Å². The summed E-state index contributed by atoms with van der Waals surface area (Å²) in [5.41, 5.74) is 6.04. The average molecular weight is 491 g/mol. The van der Waals surface area contributed by atoms with Crippen molar-refractivity contribution in [1.29, 1.82) is 0 Å². The SMILES string of the molecule is NC(CS)C(=O)NC(CS)C(=O)NC(Cc1cnc[nH]1)C(=O)NC(CCC(=O)O)C(=O)O. The summed E-state index contributed by atoms with van der Waals surface area (Å²) in [6, 6.07) is -4.82. The third-order valence-corrected chi connectivity index (χ3v) is 4.98. The summed E-state index contributed by atoms with van der Waals surface area (Å²) in [7, 11) is 0. The smallest absolute Gasteiger partial charge is 0.326 e. The third kappa shape index (κ3) is 9.15. The van der Waals surface area contributed by atoms with E-state index in [1.807, 2.05) is 0 Å². The van der Waals surface area contributed by atoms with Gasteiger partial charge in [0.15, 0.2) is 0 Å². The molecule has 0 aliphatic carbocycles. The predicted octanol–water partition coefficient (Wildman–Crippen LogP) is -2.46. The lowest BCUT2D eigenvalue weighted by molar-refractivity contribution is -0.143. The number of aromatic nitrogens is 2. The Morgan fingerprint density at radius 1 is 0.969 bits per heavy atom. The van der Waals surface area contributed by atoms with Crippen LogP contribution >= 0.6 is 25.3 Å². The lowest BCUT2D eigenvalue weighted by Crippen LogP contribution is -2.58. The van der Waals surface area contributed by atoms with Crippen molar-refractivity contribution in [3.8, 4) is 0 Å². The van der Waals surface area contributed by atoms with Crippen molar-refractivity contribution >= 4 is 54.9 Å². The van der Waals surface area contributed by atoms with E-state index in [9.17, 15) is 29.1 Å². The Morgan fingerprint density at radius 3 is 2.06 bits per heavy atom. The summed E-state index contributed by atoms with van der Waals surface area (Å²) >= 11 is 7.95. The molecule has 0 radical (unpaired) electrons. The average Bonchev–Trinajstić information content (AvgIpc) is 3.26. The highest BCUT2D eigenvalue weighted by Gasteiger charge is 2.30. The molecular weight excluding hydrogens is 464 g/mol. The van der Waals surface area contributed by atoms with Crippen molar-refractivity contribution in [3.63, 3.8) is 0 Å². The van der Waals surface area contributed by atoms with E-state index in [0.717, 1.165) is 0 Å². The number of hydrogen-bond acceptors (Lipinski definition) is 9. The second-order valence-corrected chi connectivity index (χ2v) is 7.44. The molecule has 178 valence electrons. The molecule has 1 rings (SSSR count). The van der Waals surface area contributed by atoms with Gasteiger partial charge in [0.1, 0.15) is 18.1 Å². The Kier molecular flexibility index (Phi) is 11.6. The minimum atomic E-state index is -1.48. The van der Waals surface area contributed by atoms with E-state index in [-0.39, 0.29) is 24.3 Å². The molecule has 0 aliphatic heterocycles. The molecule has 0 fully saturated rings. The number of imidazole rings is 1. The van der Waals surface area contributed by atoms with Crippen LogP contribution in [0.3, 0.4) is 0 Å². The van der Waals surface area contributed by atoms with Crippen molar-refractivity contribution in [2.24, 2.45) is 5.73 Å². The molecule has 32 heavy (non-hydrogen) atoms. The standard InChI is InChI=1S/C17H26N6O7S2/c18-9(5-31)14(26)23-12(6-32)16(28)22-11(3-8-4-19-7-20-8)15(27)21-10(17(29)30)1-2-13(24)25/h4,7,9-12,31-32H,1-3,5-6,18H2,(H,19,20)(H,21,27)(H,22,28)(H,23,26)(H,24,25)(H,29,30). The largest absolute Gasteiger partial charge is 0.481 e. The second-order valence-electron chi connectivity index (χ2n) is 6.71. The van der Waals surface area contributed by atoms with Gasteiger partial charge in [0.05, 0.1) is 12.4 Å². The van der Waals surface area contributed by atoms with Crippen LogP contribution in [0.15, 0.2) is 12.5 Å². The van der Waals surface area contributed by atoms with Gasteiger partial charge in [-0.05, 0) is 6.42 Å². The zero-order chi connectivity index (χ0) is 24.3. The zero-order valence-corrected chi connectivity index (χ0v) is 18.6. The monoisotopic (exact) mass is 490 g/mol. The number of nitrogens with two attached hydrogens (primary N) is 1. The molecule has 0 saturated carbocycles. The van der Waals surface area contributed by atoms with E-state index < -0.39 is 60.2 Å². The number of thiol groups is 2. The highest BCUT2D eigenvalue weighted by Crippen LogP contribution is 2.04. The highest BCUT2D eigenvalue weighted by atomic mass is 32.1. The molecule has 15 heteroatoms. The third-order valence-electron chi connectivity index (χ3n) is 4.22. The number of nitrogens with zero attached hydrogens (tertiary/aromatic N) is 1. The second kappa shape index (κ2) is 13.6. The summed E-state index contributed by atoms with van der Waals surface area (Å²) in [6.07, 6.45) is 1.86. The maximum absolute atomic E-state index is 12.7. The van der Waals surface area contributed by atoms with E-state index >= 15 is 0 Å². The number of aromatic amines is 1.